The van der Waals surface area contributed by atoms with E-state index in [1.165, 1.54) is 21.7 Å². The first-order chi connectivity index (χ1) is 9.86. The van der Waals surface area contributed by atoms with Gasteiger partial charge in [0.25, 0.3) is 0 Å². The molecule has 1 heterocycles. The standard InChI is InChI=1S/C14H16BrNO3S2/c1-10-5-3-4-6-11(10)8-16(2)21(18,19)13-7-12(9-17)20-14(13)15/h3-7,17H,8-9H2,1-2H3. The molecular formula is C14H16BrNO3S2. The van der Waals surface area contributed by atoms with Crippen molar-refractivity contribution < 1.29 is 13.5 Å². The summed E-state index contributed by atoms with van der Waals surface area (Å²) >= 11 is 4.49. The first kappa shape index (κ1) is 16.6. The summed E-state index contributed by atoms with van der Waals surface area (Å²) in [6, 6.07) is 9.21. The Labute approximate surface area is 137 Å². The van der Waals surface area contributed by atoms with Gasteiger partial charge in [-0.2, -0.15) is 4.31 Å². The monoisotopic (exact) mass is 389 g/mol. The fourth-order valence-corrected chi connectivity index (χ4v) is 5.57. The van der Waals surface area contributed by atoms with Gasteiger partial charge in [-0.3, -0.25) is 0 Å². The van der Waals surface area contributed by atoms with Gasteiger partial charge in [0, 0.05) is 18.5 Å². The van der Waals surface area contributed by atoms with Gasteiger partial charge in [-0.15, -0.1) is 11.3 Å². The van der Waals surface area contributed by atoms with E-state index in [1.54, 1.807) is 7.05 Å². The molecule has 21 heavy (non-hydrogen) atoms. The van der Waals surface area contributed by atoms with Crippen LogP contribution in [-0.4, -0.2) is 24.9 Å². The molecule has 0 saturated heterocycles. The molecule has 7 heteroatoms. The molecule has 0 spiro atoms. The molecule has 114 valence electrons. The van der Waals surface area contributed by atoms with Crippen LogP contribution in [-0.2, 0) is 23.2 Å². The number of hydrogen-bond donors (Lipinski definition) is 1. The second kappa shape index (κ2) is 6.58. The van der Waals surface area contributed by atoms with Crippen LogP contribution in [0.25, 0.3) is 0 Å². The number of nitrogens with zero attached hydrogens (tertiary/aromatic N) is 1. The molecule has 0 aliphatic carbocycles. The highest BCUT2D eigenvalue weighted by atomic mass is 79.9. The third kappa shape index (κ3) is 3.54. The molecule has 2 aromatic rings. The van der Waals surface area contributed by atoms with Crippen molar-refractivity contribution in [2.45, 2.75) is 25.0 Å². The largest absolute Gasteiger partial charge is 0.391 e. The maximum absolute atomic E-state index is 12.6. The average molecular weight is 390 g/mol. The summed E-state index contributed by atoms with van der Waals surface area (Å²) in [5, 5.41) is 9.13. The molecule has 0 unspecified atom stereocenters. The zero-order chi connectivity index (χ0) is 15.6. The van der Waals surface area contributed by atoms with Crippen LogP contribution in [0.2, 0.25) is 0 Å². The first-order valence-electron chi connectivity index (χ1n) is 6.26. The number of hydrogen-bond acceptors (Lipinski definition) is 4. The molecule has 0 aliphatic heterocycles. The Morgan fingerprint density at radius 2 is 2.00 bits per heavy atom. The van der Waals surface area contributed by atoms with Crippen molar-refractivity contribution in [1.29, 1.82) is 0 Å². The van der Waals surface area contributed by atoms with E-state index in [-0.39, 0.29) is 11.5 Å². The topological polar surface area (TPSA) is 57.6 Å². The highest BCUT2D eigenvalue weighted by molar-refractivity contribution is 9.11. The van der Waals surface area contributed by atoms with Crippen LogP contribution < -0.4 is 0 Å². The molecule has 1 aromatic heterocycles. The summed E-state index contributed by atoms with van der Waals surface area (Å²) in [5.74, 6) is 0. The lowest BCUT2D eigenvalue weighted by Gasteiger charge is -2.18. The predicted octanol–water partition coefficient (Wildman–Crippen LogP) is 3.13. The summed E-state index contributed by atoms with van der Waals surface area (Å²) in [7, 11) is -2.03. The Bertz CT molecular complexity index is 740. The summed E-state index contributed by atoms with van der Waals surface area (Å²) in [5.41, 5.74) is 2.03. The number of aliphatic hydroxyl groups is 1. The smallest absolute Gasteiger partial charge is 0.245 e. The molecule has 1 aromatic carbocycles. The maximum atomic E-state index is 12.6. The lowest BCUT2D eigenvalue weighted by molar-refractivity contribution is 0.285. The fourth-order valence-electron chi connectivity index (χ4n) is 1.93. The molecule has 4 nitrogen and oxygen atoms in total. The van der Waals surface area contributed by atoms with E-state index < -0.39 is 10.0 Å². The normalized spacial score (nSPS) is 12.0. The van der Waals surface area contributed by atoms with E-state index in [4.69, 9.17) is 5.11 Å². The van der Waals surface area contributed by atoms with Crippen molar-refractivity contribution >= 4 is 37.3 Å². The number of benzene rings is 1. The Morgan fingerprint density at radius 3 is 2.57 bits per heavy atom. The Morgan fingerprint density at radius 1 is 1.33 bits per heavy atom. The van der Waals surface area contributed by atoms with Gasteiger partial charge in [-0.1, -0.05) is 24.3 Å². The van der Waals surface area contributed by atoms with Crippen LogP contribution in [0, 0.1) is 6.92 Å². The van der Waals surface area contributed by atoms with Crippen molar-refractivity contribution in [3.63, 3.8) is 0 Å². The number of rotatable bonds is 5. The first-order valence-corrected chi connectivity index (χ1v) is 9.31. The zero-order valence-corrected chi connectivity index (χ0v) is 14.9. The van der Waals surface area contributed by atoms with Gasteiger partial charge in [0.1, 0.15) is 4.90 Å². The number of thiophene rings is 1. The summed E-state index contributed by atoms with van der Waals surface area (Å²) < 4.78 is 27.1. The van der Waals surface area contributed by atoms with E-state index in [9.17, 15) is 8.42 Å². The maximum Gasteiger partial charge on any atom is 0.245 e. The molecule has 0 fully saturated rings. The van der Waals surface area contributed by atoms with Gasteiger partial charge in [0.2, 0.25) is 10.0 Å². The van der Waals surface area contributed by atoms with Gasteiger partial charge >= 0.3 is 0 Å². The van der Waals surface area contributed by atoms with Crippen LogP contribution in [0.1, 0.15) is 16.0 Å². The molecule has 0 amide bonds. The minimum Gasteiger partial charge on any atom is -0.391 e. The van der Waals surface area contributed by atoms with E-state index in [0.717, 1.165) is 11.1 Å². The summed E-state index contributed by atoms with van der Waals surface area (Å²) in [6.07, 6.45) is 0. The number of sulfonamides is 1. The van der Waals surface area contributed by atoms with Gasteiger partial charge in [-0.05, 0) is 40.0 Å². The molecule has 0 radical (unpaired) electrons. The Balaban J connectivity index is 2.30. The molecule has 0 aliphatic rings. The quantitative estimate of drug-likeness (QED) is 0.854. The lowest BCUT2D eigenvalue weighted by atomic mass is 10.1. The van der Waals surface area contributed by atoms with Gasteiger partial charge in [0.15, 0.2) is 0 Å². The third-order valence-electron chi connectivity index (χ3n) is 3.20. The lowest BCUT2D eigenvalue weighted by Crippen LogP contribution is -2.26. The zero-order valence-electron chi connectivity index (χ0n) is 11.7. The summed E-state index contributed by atoms with van der Waals surface area (Å²) in [6.45, 7) is 2.10. The molecule has 1 N–H and O–H groups in total. The second-order valence-electron chi connectivity index (χ2n) is 4.70. The minimum absolute atomic E-state index is 0.166. The third-order valence-corrected chi connectivity index (χ3v) is 7.25. The van der Waals surface area contributed by atoms with Crippen molar-refractivity contribution in [2.75, 3.05) is 7.05 Å². The van der Waals surface area contributed by atoms with Crippen molar-refractivity contribution in [2.24, 2.45) is 0 Å². The van der Waals surface area contributed by atoms with Crippen LogP contribution in [0.15, 0.2) is 39.0 Å². The van der Waals surface area contributed by atoms with Crippen molar-refractivity contribution in [3.8, 4) is 0 Å². The number of halogens is 1. The van der Waals surface area contributed by atoms with Crippen LogP contribution in [0.4, 0.5) is 0 Å². The van der Waals surface area contributed by atoms with Gasteiger partial charge < -0.3 is 5.11 Å². The Hall–Kier alpha value is -0.730. The molecule has 2 rings (SSSR count). The van der Waals surface area contributed by atoms with Crippen LogP contribution in [0.3, 0.4) is 0 Å². The van der Waals surface area contributed by atoms with Crippen LogP contribution in [0.5, 0.6) is 0 Å². The fraction of sp³-hybridized carbons (Fsp3) is 0.286. The SMILES string of the molecule is Cc1ccccc1CN(C)S(=O)(=O)c1cc(CO)sc1Br. The average Bonchev–Trinajstić information content (AvgIpc) is 2.83. The van der Waals surface area contributed by atoms with Gasteiger partial charge in [0.05, 0.1) is 10.4 Å². The minimum atomic E-state index is -3.59. The van der Waals surface area contributed by atoms with Crippen LogP contribution >= 0.6 is 27.3 Å². The second-order valence-corrected chi connectivity index (χ2v) is 9.16. The molecular weight excluding hydrogens is 374 g/mol. The number of aliphatic hydroxyl groups excluding tert-OH is 1. The molecule has 0 saturated carbocycles. The Kier molecular flexibility index (Phi) is 5.21. The molecule has 0 bridgehead atoms. The molecule has 0 atom stereocenters. The van der Waals surface area contributed by atoms with E-state index in [1.807, 2.05) is 31.2 Å². The highest BCUT2D eigenvalue weighted by Gasteiger charge is 2.26. The summed E-state index contributed by atoms with van der Waals surface area (Å²) in [4.78, 5) is 0.817. The predicted molar refractivity (Wildman–Crippen MR) is 87.8 cm³/mol. The van der Waals surface area contributed by atoms with E-state index in [2.05, 4.69) is 15.9 Å². The van der Waals surface area contributed by atoms with E-state index in [0.29, 0.717) is 15.2 Å². The highest BCUT2D eigenvalue weighted by Crippen LogP contribution is 2.33. The van der Waals surface area contributed by atoms with Crippen molar-refractivity contribution in [3.05, 3.63) is 50.1 Å². The number of aryl methyl sites for hydroxylation is 1. The van der Waals surface area contributed by atoms with Gasteiger partial charge in [-0.25, -0.2) is 8.42 Å². The van der Waals surface area contributed by atoms with E-state index >= 15 is 0 Å². The van der Waals surface area contributed by atoms with Crippen molar-refractivity contribution in [1.82, 2.24) is 4.31 Å².